The Hall–Kier alpha value is -1.42. The lowest BCUT2D eigenvalue weighted by Crippen LogP contribution is -2.44. The number of aromatic nitrogens is 1. The Balaban J connectivity index is 2.08. The van der Waals surface area contributed by atoms with Crippen LogP contribution in [0.3, 0.4) is 0 Å². The molecule has 4 nitrogen and oxygen atoms in total. The number of piperidine rings is 1. The van der Waals surface area contributed by atoms with E-state index in [9.17, 15) is 4.79 Å². The maximum Gasteiger partial charge on any atom is 0.151 e. The Bertz CT molecular complexity index is 378. The molecule has 0 spiro atoms. The van der Waals surface area contributed by atoms with E-state index in [-0.39, 0.29) is 6.10 Å². The van der Waals surface area contributed by atoms with Crippen LogP contribution in [0, 0.1) is 5.92 Å². The number of hydrogen-bond acceptors (Lipinski definition) is 4. The quantitative estimate of drug-likeness (QED) is 0.747. The minimum atomic E-state index is 0.260. The smallest absolute Gasteiger partial charge is 0.151 e. The Morgan fingerprint density at radius 2 is 2.35 bits per heavy atom. The van der Waals surface area contributed by atoms with E-state index in [1.54, 1.807) is 19.4 Å². The van der Waals surface area contributed by atoms with Crippen molar-refractivity contribution in [3.05, 3.63) is 23.9 Å². The second-order valence-electron chi connectivity index (χ2n) is 4.55. The van der Waals surface area contributed by atoms with Crippen LogP contribution < -0.4 is 4.90 Å². The first-order chi connectivity index (χ1) is 8.24. The van der Waals surface area contributed by atoms with Gasteiger partial charge in [-0.3, -0.25) is 4.79 Å². The third-order valence-electron chi connectivity index (χ3n) is 3.42. The zero-order chi connectivity index (χ0) is 12.3. The van der Waals surface area contributed by atoms with Gasteiger partial charge >= 0.3 is 0 Å². The van der Waals surface area contributed by atoms with Gasteiger partial charge in [0.25, 0.3) is 0 Å². The first kappa shape index (κ1) is 12.0. The van der Waals surface area contributed by atoms with Crippen LogP contribution in [-0.2, 0) is 4.74 Å². The lowest BCUT2D eigenvalue weighted by Gasteiger charge is -2.36. The second kappa shape index (κ2) is 5.27. The van der Waals surface area contributed by atoms with Gasteiger partial charge in [0.1, 0.15) is 5.82 Å². The van der Waals surface area contributed by atoms with Crippen molar-refractivity contribution in [1.82, 2.24) is 4.98 Å². The summed E-state index contributed by atoms with van der Waals surface area (Å²) < 4.78 is 5.47. The molecule has 2 unspecified atom stereocenters. The van der Waals surface area contributed by atoms with Crippen LogP contribution in [0.4, 0.5) is 5.82 Å². The first-order valence-corrected chi connectivity index (χ1v) is 5.93. The number of carbonyl (C=O) groups excluding carboxylic acids is 1. The van der Waals surface area contributed by atoms with Gasteiger partial charge in [0.2, 0.25) is 0 Å². The predicted octanol–water partition coefficient (Wildman–Crippen LogP) is 1.76. The van der Waals surface area contributed by atoms with Crippen molar-refractivity contribution in [2.45, 2.75) is 19.4 Å². The molecule has 0 amide bonds. The Morgan fingerprint density at radius 3 is 2.94 bits per heavy atom. The number of anilines is 1. The van der Waals surface area contributed by atoms with Gasteiger partial charge in [-0.05, 0) is 24.5 Å². The summed E-state index contributed by atoms with van der Waals surface area (Å²) in [5.74, 6) is 1.51. The van der Waals surface area contributed by atoms with Gasteiger partial charge in [0, 0.05) is 32.0 Å². The van der Waals surface area contributed by atoms with Crippen LogP contribution in [0.1, 0.15) is 23.7 Å². The van der Waals surface area contributed by atoms with Crippen molar-refractivity contribution in [2.75, 3.05) is 25.1 Å². The molecule has 1 aliphatic heterocycles. The van der Waals surface area contributed by atoms with E-state index in [0.717, 1.165) is 31.6 Å². The van der Waals surface area contributed by atoms with E-state index < -0.39 is 0 Å². The molecule has 0 aliphatic carbocycles. The minimum Gasteiger partial charge on any atom is -0.379 e. The summed E-state index contributed by atoms with van der Waals surface area (Å²) in [6.07, 6.45) is 3.79. The van der Waals surface area contributed by atoms with Gasteiger partial charge in [-0.2, -0.15) is 0 Å². The maximum absolute atomic E-state index is 10.6. The molecule has 17 heavy (non-hydrogen) atoms. The van der Waals surface area contributed by atoms with Crippen LogP contribution >= 0.6 is 0 Å². The summed E-state index contributed by atoms with van der Waals surface area (Å²) in [5.41, 5.74) is 0.613. The van der Waals surface area contributed by atoms with Gasteiger partial charge in [0.05, 0.1) is 6.10 Å². The molecule has 92 valence electrons. The van der Waals surface area contributed by atoms with Gasteiger partial charge in [-0.25, -0.2) is 4.98 Å². The number of aldehydes is 1. The van der Waals surface area contributed by atoms with E-state index in [4.69, 9.17) is 4.74 Å². The normalized spacial score (nSPS) is 24.7. The van der Waals surface area contributed by atoms with Crippen molar-refractivity contribution in [3.63, 3.8) is 0 Å². The fourth-order valence-corrected chi connectivity index (χ4v) is 2.20. The number of carbonyl (C=O) groups is 1. The third kappa shape index (κ3) is 2.64. The number of hydrogen-bond donors (Lipinski definition) is 0. The van der Waals surface area contributed by atoms with Crippen molar-refractivity contribution >= 4 is 12.1 Å². The van der Waals surface area contributed by atoms with Gasteiger partial charge < -0.3 is 9.64 Å². The van der Waals surface area contributed by atoms with Crippen LogP contribution in [0.5, 0.6) is 0 Å². The van der Waals surface area contributed by atoms with Crippen LogP contribution in [0.2, 0.25) is 0 Å². The largest absolute Gasteiger partial charge is 0.379 e. The molecule has 2 rings (SSSR count). The van der Waals surface area contributed by atoms with Crippen LogP contribution in [-0.4, -0.2) is 37.6 Å². The molecule has 1 aliphatic rings. The van der Waals surface area contributed by atoms with E-state index in [0.29, 0.717) is 11.5 Å². The average Bonchev–Trinajstić information content (AvgIpc) is 2.39. The highest BCUT2D eigenvalue weighted by molar-refractivity contribution is 5.74. The maximum atomic E-state index is 10.6. The number of rotatable bonds is 3. The zero-order valence-corrected chi connectivity index (χ0v) is 10.3. The van der Waals surface area contributed by atoms with E-state index in [1.807, 2.05) is 6.07 Å². The molecule has 0 radical (unpaired) electrons. The first-order valence-electron chi connectivity index (χ1n) is 5.93. The Kier molecular flexibility index (Phi) is 3.74. The molecule has 1 aromatic rings. The average molecular weight is 234 g/mol. The molecule has 1 aromatic heterocycles. The molecule has 0 aromatic carbocycles. The summed E-state index contributed by atoms with van der Waals surface area (Å²) in [6.45, 7) is 4.08. The molecule has 0 N–H and O–H groups in total. The van der Waals surface area contributed by atoms with E-state index in [2.05, 4.69) is 16.8 Å². The van der Waals surface area contributed by atoms with Crippen molar-refractivity contribution in [3.8, 4) is 0 Å². The summed E-state index contributed by atoms with van der Waals surface area (Å²) in [6, 6.07) is 3.70. The highest BCUT2D eigenvalue weighted by Gasteiger charge is 2.26. The number of ether oxygens (including phenoxy) is 1. The Labute approximate surface area is 102 Å². The molecule has 2 heterocycles. The number of methoxy groups -OCH3 is 1. The molecule has 0 bridgehead atoms. The summed E-state index contributed by atoms with van der Waals surface area (Å²) >= 11 is 0. The summed E-state index contributed by atoms with van der Waals surface area (Å²) in [5, 5.41) is 0. The summed E-state index contributed by atoms with van der Waals surface area (Å²) in [4.78, 5) is 17.1. The fourth-order valence-electron chi connectivity index (χ4n) is 2.20. The molecule has 2 atom stereocenters. The van der Waals surface area contributed by atoms with Crippen molar-refractivity contribution < 1.29 is 9.53 Å². The summed E-state index contributed by atoms with van der Waals surface area (Å²) in [7, 11) is 1.76. The van der Waals surface area contributed by atoms with Crippen LogP contribution in [0.15, 0.2) is 18.3 Å². The number of pyridine rings is 1. The molecule has 1 fully saturated rings. The molecule has 1 saturated heterocycles. The lowest BCUT2D eigenvalue weighted by atomic mass is 9.96. The number of nitrogens with zero attached hydrogens (tertiary/aromatic N) is 2. The molecular formula is C13H18N2O2. The van der Waals surface area contributed by atoms with E-state index >= 15 is 0 Å². The highest BCUT2D eigenvalue weighted by atomic mass is 16.5. The molecule has 0 saturated carbocycles. The monoisotopic (exact) mass is 234 g/mol. The third-order valence-corrected chi connectivity index (χ3v) is 3.42. The van der Waals surface area contributed by atoms with Crippen LogP contribution in [0.25, 0.3) is 0 Å². The standard InChI is InChI=1S/C13H18N2O2/c1-10-5-6-15(8-12(10)17-2)13-4-3-11(9-16)7-14-13/h3-4,7,9-10,12H,5-6,8H2,1-2H3. The highest BCUT2D eigenvalue weighted by Crippen LogP contribution is 2.23. The van der Waals surface area contributed by atoms with Crippen molar-refractivity contribution in [1.29, 1.82) is 0 Å². The fraction of sp³-hybridized carbons (Fsp3) is 0.538. The lowest BCUT2D eigenvalue weighted by molar-refractivity contribution is 0.0496. The minimum absolute atomic E-state index is 0.260. The second-order valence-corrected chi connectivity index (χ2v) is 4.55. The van der Waals surface area contributed by atoms with E-state index in [1.165, 1.54) is 0 Å². The topological polar surface area (TPSA) is 42.4 Å². The zero-order valence-electron chi connectivity index (χ0n) is 10.3. The predicted molar refractivity (Wildman–Crippen MR) is 66.4 cm³/mol. The molecule has 4 heteroatoms. The SMILES string of the molecule is COC1CN(c2ccc(C=O)cn2)CCC1C. The van der Waals surface area contributed by atoms with Gasteiger partial charge in [-0.1, -0.05) is 6.92 Å². The Morgan fingerprint density at radius 1 is 1.53 bits per heavy atom. The van der Waals surface area contributed by atoms with Gasteiger partial charge in [0.15, 0.2) is 6.29 Å². The van der Waals surface area contributed by atoms with Crippen molar-refractivity contribution in [2.24, 2.45) is 5.92 Å². The molecular weight excluding hydrogens is 216 g/mol. The van der Waals surface area contributed by atoms with Gasteiger partial charge in [-0.15, -0.1) is 0 Å².